The molecule has 0 saturated carbocycles. The topological polar surface area (TPSA) is 60.7 Å². The van der Waals surface area contributed by atoms with Gasteiger partial charge in [0, 0.05) is 5.69 Å². The van der Waals surface area contributed by atoms with E-state index >= 15 is 0 Å². The smallest absolute Gasteiger partial charge is 0.291 e. The molecule has 150 valence electrons. The van der Waals surface area contributed by atoms with Crippen molar-refractivity contribution in [3.8, 4) is 22.6 Å². The number of carbonyl (C=O) groups excluding carboxylic acids is 1. The zero-order valence-electron chi connectivity index (χ0n) is 16.5. The van der Waals surface area contributed by atoms with Gasteiger partial charge in [0.2, 0.25) is 0 Å². The van der Waals surface area contributed by atoms with Crippen LogP contribution in [0, 0.1) is 0 Å². The third-order valence-electron chi connectivity index (χ3n) is 4.57. The van der Waals surface area contributed by atoms with Gasteiger partial charge >= 0.3 is 0 Å². The Morgan fingerprint density at radius 2 is 1.47 bits per heavy atom. The first-order chi connectivity index (χ1) is 14.7. The lowest BCUT2D eigenvalue weighted by Gasteiger charge is -2.08. The summed E-state index contributed by atoms with van der Waals surface area (Å²) in [7, 11) is 1.59. The highest BCUT2D eigenvalue weighted by Crippen LogP contribution is 2.27. The van der Waals surface area contributed by atoms with Gasteiger partial charge in [0.25, 0.3) is 5.91 Å². The maximum Gasteiger partial charge on any atom is 0.291 e. The predicted octanol–water partition coefficient (Wildman–Crippen LogP) is 5.79. The molecule has 0 bridgehead atoms. The molecule has 1 aromatic heterocycles. The summed E-state index contributed by atoms with van der Waals surface area (Å²) in [5.41, 5.74) is 2.91. The van der Waals surface area contributed by atoms with Gasteiger partial charge < -0.3 is 19.2 Å². The lowest BCUT2D eigenvalue weighted by molar-refractivity contribution is 0.0992. The second-order valence-electron chi connectivity index (χ2n) is 6.60. The molecule has 1 heterocycles. The number of methoxy groups -OCH3 is 1. The molecule has 0 unspecified atom stereocenters. The molecule has 4 aromatic rings. The van der Waals surface area contributed by atoms with E-state index in [9.17, 15) is 4.79 Å². The highest BCUT2D eigenvalue weighted by molar-refractivity contribution is 6.02. The number of ether oxygens (including phenoxy) is 2. The number of hydrogen-bond acceptors (Lipinski definition) is 4. The highest BCUT2D eigenvalue weighted by atomic mass is 16.5. The molecule has 5 nitrogen and oxygen atoms in total. The Bertz CT molecular complexity index is 1120. The molecule has 4 rings (SSSR count). The van der Waals surface area contributed by atoms with Crippen molar-refractivity contribution in [1.29, 1.82) is 0 Å². The lowest BCUT2D eigenvalue weighted by atomic mass is 10.1. The van der Waals surface area contributed by atoms with Gasteiger partial charge in [-0.2, -0.15) is 0 Å². The van der Waals surface area contributed by atoms with Gasteiger partial charge in [-0.05, 0) is 47.5 Å². The van der Waals surface area contributed by atoms with Crippen molar-refractivity contribution in [1.82, 2.24) is 0 Å². The van der Waals surface area contributed by atoms with E-state index in [2.05, 4.69) is 5.32 Å². The number of para-hydroxylation sites is 2. The van der Waals surface area contributed by atoms with Crippen LogP contribution in [0.1, 0.15) is 16.3 Å². The van der Waals surface area contributed by atoms with Crippen molar-refractivity contribution in [3.63, 3.8) is 0 Å². The van der Waals surface area contributed by atoms with Crippen LogP contribution in [-0.2, 0) is 6.61 Å². The summed E-state index contributed by atoms with van der Waals surface area (Å²) in [6.45, 7) is 0.194. The van der Waals surface area contributed by atoms with Crippen molar-refractivity contribution >= 4 is 11.6 Å². The Balaban J connectivity index is 1.37. The number of anilines is 1. The SMILES string of the molecule is COc1ccccc1OCc1ccc(C(=O)Nc2ccc(-c3ccccc3)cc2)o1. The van der Waals surface area contributed by atoms with Crippen LogP contribution < -0.4 is 14.8 Å². The normalized spacial score (nSPS) is 10.4. The summed E-state index contributed by atoms with van der Waals surface area (Å²) in [5.74, 6) is 1.71. The zero-order chi connectivity index (χ0) is 20.8. The molecule has 0 aliphatic rings. The number of amides is 1. The average molecular weight is 399 g/mol. The van der Waals surface area contributed by atoms with Crippen LogP contribution in [0.3, 0.4) is 0 Å². The summed E-state index contributed by atoms with van der Waals surface area (Å²) >= 11 is 0. The summed E-state index contributed by atoms with van der Waals surface area (Å²) in [4.78, 5) is 12.5. The number of furan rings is 1. The van der Waals surface area contributed by atoms with Crippen molar-refractivity contribution in [2.75, 3.05) is 12.4 Å². The van der Waals surface area contributed by atoms with Gasteiger partial charge in [-0.3, -0.25) is 4.79 Å². The summed E-state index contributed by atoms with van der Waals surface area (Å²) in [6, 6.07) is 28.5. The van der Waals surface area contributed by atoms with Gasteiger partial charge in [0.1, 0.15) is 12.4 Å². The molecule has 30 heavy (non-hydrogen) atoms. The van der Waals surface area contributed by atoms with Gasteiger partial charge in [-0.15, -0.1) is 0 Å². The zero-order valence-corrected chi connectivity index (χ0v) is 16.5. The molecule has 0 radical (unpaired) electrons. The fourth-order valence-corrected chi connectivity index (χ4v) is 3.03. The maximum absolute atomic E-state index is 12.5. The molecular weight excluding hydrogens is 378 g/mol. The average Bonchev–Trinajstić information content (AvgIpc) is 3.28. The molecule has 0 spiro atoms. The Morgan fingerprint density at radius 3 is 2.20 bits per heavy atom. The molecule has 5 heteroatoms. The Kier molecular flexibility index (Phi) is 5.80. The fraction of sp³-hybridized carbons (Fsp3) is 0.0800. The van der Waals surface area contributed by atoms with Crippen LogP contribution >= 0.6 is 0 Å². The monoisotopic (exact) mass is 399 g/mol. The minimum atomic E-state index is -0.314. The number of carbonyl (C=O) groups is 1. The molecule has 0 aliphatic heterocycles. The molecule has 0 fully saturated rings. The Labute approximate surface area is 174 Å². The van der Waals surface area contributed by atoms with Crippen LogP contribution in [0.5, 0.6) is 11.5 Å². The number of hydrogen-bond donors (Lipinski definition) is 1. The van der Waals surface area contributed by atoms with Crippen LogP contribution in [-0.4, -0.2) is 13.0 Å². The minimum absolute atomic E-state index is 0.194. The van der Waals surface area contributed by atoms with E-state index in [1.54, 1.807) is 19.2 Å². The van der Waals surface area contributed by atoms with Crippen LogP contribution in [0.25, 0.3) is 11.1 Å². The molecule has 1 amide bonds. The predicted molar refractivity (Wildman–Crippen MR) is 116 cm³/mol. The standard InChI is InChI=1S/C25H21NO4/c1-28-22-9-5-6-10-23(22)29-17-21-15-16-24(30-21)25(27)26-20-13-11-19(12-14-20)18-7-3-2-4-8-18/h2-16H,17H2,1H3,(H,26,27). The third kappa shape index (κ3) is 4.52. The quantitative estimate of drug-likeness (QED) is 0.427. The minimum Gasteiger partial charge on any atom is -0.493 e. The molecular formula is C25H21NO4. The molecule has 3 aromatic carbocycles. The summed E-state index contributed by atoms with van der Waals surface area (Å²) < 4.78 is 16.6. The molecule has 0 saturated heterocycles. The summed E-state index contributed by atoms with van der Waals surface area (Å²) in [6.07, 6.45) is 0. The second kappa shape index (κ2) is 9.01. The van der Waals surface area contributed by atoms with Gasteiger partial charge in [-0.1, -0.05) is 54.6 Å². The van der Waals surface area contributed by atoms with E-state index in [1.807, 2.05) is 78.9 Å². The van der Waals surface area contributed by atoms with E-state index in [1.165, 1.54) is 0 Å². The first kappa shape index (κ1) is 19.3. The first-order valence-electron chi connectivity index (χ1n) is 9.54. The maximum atomic E-state index is 12.5. The molecule has 1 N–H and O–H groups in total. The summed E-state index contributed by atoms with van der Waals surface area (Å²) in [5, 5.41) is 2.85. The Hall–Kier alpha value is -3.99. The van der Waals surface area contributed by atoms with Crippen LogP contribution in [0.15, 0.2) is 95.4 Å². The first-order valence-corrected chi connectivity index (χ1v) is 9.54. The number of rotatable bonds is 7. The highest BCUT2D eigenvalue weighted by Gasteiger charge is 2.13. The Morgan fingerprint density at radius 1 is 0.800 bits per heavy atom. The number of benzene rings is 3. The van der Waals surface area contributed by atoms with E-state index in [0.717, 1.165) is 11.1 Å². The van der Waals surface area contributed by atoms with E-state index in [0.29, 0.717) is 22.9 Å². The van der Waals surface area contributed by atoms with Crippen molar-refractivity contribution < 1.29 is 18.7 Å². The number of nitrogens with one attached hydrogen (secondary N) is 1. The largest absolute Gasteiger partial charge is 0.493 e. The van der Waals surface area contributed by atoms with E-state index in [4.69, 9.17) is 13.9 Å². The van der Waals surface area contributed by atoms with Gasteiger partial charge in [-0.25, -0.2) is 0 Å². The van der Waals surface area contributed by atoms with Crippen molar-refractivity contribution in [2.45, 2.75) is 6.61 Å². The van der Waals surface area contributed by atoms with Gasteiger partial charge in [0.05, 0.1) is 7.11 Å². The van der Waals surface area contributed by atoms with Gasteiger partial charge in [0.15, 0.2) is 17.3 Å². The lowest BCUT2D eigenvalue weighted by Crippen LogP contribution is -2.10. The molecule has 0 atom stereocenters. The third-order valence-corrected chi connectivity index (χ3v) is 4.57. The van der Waals surface area contributed by atoms with E-state index in [-0.39, 0.29) is 18.3 Å². The molecule has 0 aliphatic carbocycles. The van der Waals surface area contributed by atoms with Crippen molar-refractivity contribution in [2.24, 2.45) is 0 Å². The van der Waals surface area contributed by atoms with E-state index < -0.39 is 0 Å². The van der Waals surface area contributed by atoms with Crippen LogP contribution in [0.4, 0.5) is 5.69 Å². The second-order valence-corrected chi connectivity index (χ2v) is 6.60. The fourth-order valence-electron chi connectivity index (χ4n) is 3.03. The van der Waals surface area contributed by atoms with Crippen LogP contribution in [0.2, 0.25) is 0 Å². The van der Waals surface area contributed by atoms with Crippen molar-refractivity contribution in [3.05, 3.63) is 103 Å².